The topological polar surface area (TPSA) is 36.6 Å². The third kappa shape index (κ3) is 3.36. The van der Waals surface area contributed by atoms with Crippen molar-refractivity contribution in [3.63, 3.8) is 0 Å². The number of hydrogen-bond acceptors (Lipinski definition) is 3. The third-order valence-corrected chi connectivity index (χ3v) is 4.16. The van der Waals surface area contributed by atoms with Crippen LogP contribution in [0.5, 0.6) is 0 Å². The van der Waals surface area contributed by atoms with Crippen LogP contribution >= 0.6 is 0 Å². The van der Waals surface area contributed by atoms with Crippen molar-refractivity contribution < 1.29 is 9.52 Å². The molecule has 2 rings (SSSR count). The fourth-order valence-corrected chi connectivity index (χ4v) is 3.43. The molecule has 0 amide bonds. The quantitative estimate of drug-likeness (QED) is 0.874. The lowest BCUT2D eigenvalue weighted by molar-refractivity contribution is 0.0290. The maximum Gasteiger partial charge on any atom is 0.0947 e. The molecule has 3 heteroatoms. The van der Waals surface area contributed by atoms with Gasteiger partial charge in [-0.1, -0.05) is 19.8 Å². The van der Waals surface area contributed by atoms with Crippen LogP contribution in [-0.2, 0) is 6.54 Å². The summed E-state index contributed by atoms with van der Waals surface area (Å²) in [7, 11) is 2.13. The average Bonchev–Trinajstić information content (AvgIpc) is 2.81. The molecular weight excluding hydrogens is 226 g/mol. The van der Waals surface area contributed by atoms with Crippen LogP contribution in [-0.4, -0.2) is 30.2 Å². The van der Waals surface area contributed by atoms with Crippen molar-refractivity contribution in [1.29, 1.82) is 0 Å². The van der Waals surface area contributed by atoms with Crippen molar-refractivity contribution in [2.45, 2.75) is 39.2 Å². The van der Waals surface area contributed by atoms with Crippen LogP contribution in [0.4, 0.5) is 0 Å². The Morgan fingerprint density at radius 1 is 1.56 bits per heavy atom. The van der Waals surface area contributed by atoms with E-state index < -0.39 is 0 Å². The number of hydrogen-bond donors (Lipinski definition) is 1. The lowest BCUT2D eigenvalue weighted by Gasteiger charge is -2.41. The molecule has 0 aromatic carbocycles. The number of aliphatic hydroxyl groups is 1. The first-order chi connectivity index (χ1) is 8.63. The molecule has 18 heavy (non-hydrogen) atoms. The summed E-state index contributed by atoms with van der Waals surface area (Å²) in [5.41, 5.74) is 1.31. The van der Waals surface area contributed by atoms with Crippen molar-refractivity contribution in [2.24, 2.45) is 11.3 Å². The van der Waals surface area contributed by atoms with Gasteiger partial charge in [0.15, 0.2) is 0 Å². The van der Waals surface area contributed by atoms with E-state index in [4.69, 9.17) is 4.42 Å². The van der Waals surface area contributed by atoms with E-state index in [1.165, 1.54) is 18.4 Å². The van der Waals surface area contributed by atoms with Gasteiger partial charge in [-0.3, -0.25) is 0 Å². The molecule has 1 saturated carbocycles. The highest BCUT2D eigenvalue weighted by Gasteiger charge is 2.35. The Morgan fingerprint density at radius 2 is 2.39 bits per heavy atom. The molecule has 1 heterocycles. The van der Waals surface area contributed by atoms with E-state index in [-0.39, 0.29) is 5.41 Å². The van der Waals surface area contributed by atoms with Crippen molar-refractivity contribution in [3.05, 3.63) is 24.2 Å². The van der Waals surface area contributed by atoms with Gasteiger partial charge < -0.3 is 14.4 Å². The summed E-state index contributed by atoms with van der Waals surface area (Å²) in [6.07, 6.45) is 8.39. The first-order valence-corrected chi connectivity index (χ1v) is 6.94. The van der Waals surface area contributed by atoms with E-state index in [9.17, 15) is 5.11 Å². The van der Waals surface area contributed by atoms with Crippen LogP contribution in [0.2, 0.25) is 0 Å². The number of nitrogens with zero attached hydrogens (tertiary/aromatic N) is 1. The van der Waals surface area contributed by atoms with Gasteiger partial charge >= 0.3 is 0 Å². The Hall–Kier alpha value is -0.800. The molecule has 0 bridgehead atoms. The standard InChI is InChI=1S/C15H25NO2/c1-13-4-3-6-15(8-13,12-17)11-16(2)9-14-5-7-18-10-14/h5,7,10,13,17H,3-4,6,8-9,11-12H2,1-2H3. The minimum absolute atomic E-state index is 0.107. The lowest BCUT2D eigenvalue weighted by atomic mass is 9.70. The molecule has 2 atom stereocenters. The second-order valence-corrected chi connectivity index (χ2v) is 6.16. The molecule has 0 radical (unpaired) electrons. The Balaban J connectivity index is 1.92. The second kappa shape index (κ2) is 5.89. The molecule has 1 N–H and O–H groups in total. The highest BCUT2D eigenvalue weighted by molar-refractivity contribution is 5.05. The Morgan fingerprint density at radius 3 is 3.00 bits per heavy atom. The van der Waals surface area contributed by atoms with Crippen LogP contribution in [0.3, 0.4) is 0 Å². The summed E-state index contributed by atoms with van der Waals surface area (Å²) >= 11 is 0. The first-order valence-electron chi connectivity index (χ1n) is 6.94. The van der Waals surface area contributed by atoms with Gasteiger partial charge in [-0.25, -0.2) is 0 Å². The van der Waals surface area contributed by atoms with Gasteiger partial charge in [0.1, 0.15) is 0 Å². The molecule has 1 aromatic rings. The number of aliphatic hydroxyl groups excluding tert-OH is 1. The fourth-order valence-electron chi connectivity index (χ4n) is 3.43. The van der Waals surface area contributed by atoms with Gasteiger partial charge in [-0.15, -0.1) is 0 Å². The van der Waals surface area contributed by atoms with Gasteiger partial charge in [-0.2, -0.15) is 0 Å². The molecule has 0 saturated heterocycles. The molecular formula is C15H25NO2. The van der Waals surface area contributed by atoms with Crippen LogP contribution in [0, 0.1) is 11.3 Å². The molecule has 1 aromatic heterocycles. The normalized spacial score (nSPS) is 28.8. The second-order valence-electron chi connectivity index (χ2n) is 6.16. The lowest BCUT2D eigenvalue weighted by Crippen LogP contribution is -2.41. The van der Waals surface area contributed by atoms with Crippen molar-refractivity contribution in [2.75, 3.05) is 20.2 Å². The Bertz CT molecular complexity index is 349. The number of furan rings is 1. The maximum atomic E-state index is 9.79. The minimum Gasteiger partial charge on any atom is -0.472 e. The van der Waals surface area contributed by atoms with E-state index in [0.717, 1.165) is 31.8 Å². The summed E-state index contributed by atoms with van der Waals surface area (Å²) < 4.78 is 5.10. The van der Waals surface area contributed by atoms with E-state index in [1.54, 1.807) is 12.5 Å². The van der Waals surface area contributed by atoms with Gasteiger partial charge in [0, 0.05) is 30.7 Å². The molecule has 0 spiro atoms. The highest BCUT2D eigenvalue weighted by atomic mass is 16.3. The molecule has 3 nitrogen and oxygen atoms in total. The van der Waals surface area contributed by atoms with Crippen LogP contribution < -0.4 is 0 Å². The fraction of sp³-hybridized carbons (Fsp3) is 0.733. The molecule has 2 unspecified atom stereocenters. The molecule has 1 aliphatic carbocycles. The average molecular weight is 251 g/mol. The predicted molar refractivity (Wildman–Crippen MR) is 72.2 cm³/mol. The van der Waals surface area contributed by atoms with Crippen LogP contribution in [0.15, 0.2) is 23.0 Å². The van der Waals surface area contributed by atoms with Crippen molar-refractivity contribution >= 4 is 0 Å². The molecule has 1 aliphatic rings. The van der Waals surface area contributed by atoms with E-state index in [0.29, 0.717) is 6.61 Å². The molecule has 102 valence electrons. The summed E-state index contributed by atoms with van der Waals surface area (Å²) in [6, 6.07) is 2.01. The highest BCUT2D eigenvalue weighted by Crippen LogP contribution is 2.39. The van der Waals surface area contributed by atoms with Gasteiger partial charge in [0.25, 0.3) is 0 Å². The SMILES string of the molecule is CC1CCCC(CO)(CN(C)Cc2ccoc2)C1. The summed E-state index contributed by atoms with van der Waals surface area (Å²) in [6.45, 7) is 4.48. The maximum absolute atomic E-state index is 9.79. The summed E-state index contributed by atoms with van der Waals surface area (Å²) in [5.74, 6) is 0.744. The largest absolute Gasteiger partial charge is 0.472 e. The minimum atomic E-state index is 0.107. The molecule has 0 aliphatic heterocycles. The smallest absolute Gasteiger partial charge is 0.0947 e. The van der Waals surface area contributed by atoms with E-state index in [1.807, 2.05) is 6.07 Å². The summed E-state index contributed by atoms with van der Waals surface area (Å²) in [4.78, 5) is 2.30. The zero-order valence-electron chi connectivity index (χ0n) is 11.6. The zero-order chi connectivity index (χ0) is 13.0. The van der Waals surface area contributed by atoms with Crippen molar-refractivity contribution in [1.82, 2.24) is 4.90 Å². The Kier molecular flexibility index (Phi) is 4.46. The van der Waals surface area contributed by atoms with Gasteiger partial charge in [0.05, 0.1) is 12.5 Å². The predicted octanol–water partition coefficient (Wildman–Crippen LogP) is 2.90. The third-order valence-electron chi connectivity index (χ3n) is 4.16. The van der Waals surface area contributed by atoms with E-state index >= 15 is 0 Å². The van der Waals surface area contributed by atoms with Crippen molar-refractivity contribution in [3.8, 4) is 0 Å². The van der Waals surface area contributed by atoms with E-state index in [2.05, 4.69) is 18.9 Å². The Labute approximate surface area is 110 Å². The van der Waals surface area contributed by atoms with Crippen LogP contribution in [0.1, 0.15) is 38.2 Å². The van der Waals surface area contributed by atoms with Gasteiger partial charge in [-0.05, 0) is 31.9 Å². The zero-order valence-corrected chi connectivity index (χ0v) is 11.6. The van der Waals surface area contributed by atoms with Crippen LogP contribution in [0.25, 0.3) is 0 Å². The first kappa shape index (κ1) is 13.6. The monoisotopic (exact) mass is 251 g/mol. The number of rotatable bonds is 5. The summed E-state index contributed by atoms with van der Waals surface area (Å²) in [5, 5.41) is 9.79. The molecule has 1 fully saturated rings. The van der Waals surface area contributed by atoms with Gasteiger partial charge in [0.2, 0.25) is 0 Å².